The quantitative estimate of drug-likeness (QED) is 0.731. The molecule has 1 aromatic carbocycles. The molecule has 0 aliphatic carbocycles. The molecule has 4 nitrogen and oxygen atoms in total. The van der Waals surface area contributed by atoms with Crippen molar-refractivity contribution in [2.24, 2.45) is 0 Å². The zero-order valence-electron chi connectivity index (χ0n) is 12.3. The standard InChI is InChI=1S/C16H17BrN2O2/c1-16(2,3)15-18-11(9-14(17)19-15)10-4-5-12-13(8-10)21-7-6-20-12/h4-5,8-9H,6-7H2,1-3H3. The number of nitrogens with zero attached hydrogens (tertiary/aromatic N) is 2. The van der Waals surface area contributed by atoms with Gasteiger partial charge in [-0.2, -0.15) is 0 Å². The predicted molar refractivity (Wildman–Crippen MR) is 84.9 cm³/mol. The van der Waals surface area contributed by atoms with Crippen LogP contribution < -0.4 is 9.47 Å². The van der Waals surface area contributed by atoms with Crippen LogP contribution in [0.15, 0.2) is 28.9 Å². The Morgan fingerprint density at radius 3 is 2.43 bits per heavy atom. The molecule has 110 valence electrons. The molecule has 0 radical (unpaired) electrons. The van der Waals surface area contributed by atoms with Gasteiger partial charge in [0.1, 0.15) is 23.6 Å². The van der Waals surface area contributed by atoms with Gasteiger partial charge in [0.2, 0.25) is 0 Å². The summed E-state index contributed by atoms with van der Waals surface area (Å²) in [7, 11) is 0. The van der Waals surface area contributed by atoms with E-state index in [9.17, 15) is 0 Å². The maximum Gasteiger partial charge on any atom is 0.162 e. The van der Waals surface area contributed by atoms with E-state index in [1.54, 1.807) is 0 Å². The van der Waals surface area contributed by atoms with E-state index in [0.717, 1.165) is 33.2 Å². The molecule has 3 rings (SSSR count). The lowest BCUT2D eigenvalue weighted by Gasteiger charge is -2.20. The summed E-state index contributed by atoms with van der Waals surface area (Å²) in [5.41, 5.74) is 1.76. The second-order valence-electron chi connectivity index (χ2n) is 6.01. The Kier molecular flexibility index (Phi) is 3.61. The van der Waals surface area contributed by atoms with Gasteiger partial charge in [0, 0.05) is 11.0 Å². The minimum Gasteiger partial charge on any atom is -0.486 e. The highest BCUT2D eigenvalue weighted by Crippen LogP contribution is 2.35. The number of rotatable bonds is 1. The molecule has 0 bridgehead atoms. The fraction of sp³-hybridized carbons (Fsp3) is 0.375. The van der Waals surface area contributed by atoms with Crippen molar-refractivity contribution in [2.75, 3.05) is 13.2 Å². The van der Waals surface area contributed by atoms with Crippen molar-refractivity contribution < 1.29 is 9.47 Å². The maximum absolute atomic E-state index is 5.63. The van der Waals surface area contributed by atoms with Gasteiger partial charge in [-0.1, -0.05) is 20.8 Å². The second kappa shape index (κ2) is 5.30. The average molecular weight is 349 g/mol. The number of hydrogen-bond donors (Lipinski definition) is 0. The van der Waals surface area contributed by atoms with Crippen molar-refractivity contribution in [1.82, 2.24) is 9.97 Å². The van der Waals surface area contributed by atoms with Crippen LogP contribution in [0.4, 0.5) is 0 Å². The van der Waals surface area contributed by atoms with E-state index in [0.29, 0.717) is 13.2 Å². The SMILES string of the molecule is CC(C)(C)c1nc(Br)cc(-c2ccc3c(c2)OCCO3)n1. The minimum atomic E-state index is -0.105. The predicted octanol–water partition coefficient (Wildman–Crippen LogP) is 3.97. The van der Waals surface area contributed by atoms with Crippen molar-refractivity contribution in [3.8, 4) is 22.8 Å². The summed E-state index contributed by atoms with van der Waals surface area (Å²) in [6, 6.07) is 7.81. The first kappa shape index (κ1) is 14.3. The first-order valence-corrected chi connectivity index (χ1v) is 7.68. The summed E-state index contributed by atoms with van der Waals surface area (Å²) in [6.45, 7) is 7.48. The van der Waals surface area contributed by atoms with Crippen molar-refractivity contribution in [3.63, 3.8) is 0 Å². The lowest BCUT2D eigenvalue weighted by molar-refractivity contribution is 0.171. The third kappa shape index (κ3) is 3.02. The normalized spacial score (nSPS) is 14.1. The molecular weight excluding hydrogens is 332 g/mol. The smallest absolute Gasteiger partial charge is 0.162 e. The van der Waals surface area contributed by atoms with E-state index in [1.165, 1.54) is 0 Å². The molecule has 0 fully saturated rings. The Morgan fingerprint density at radius 1 is 1.00 bits per heavy atom. The van der Waals surface area contributed by atoms with Crippen LogP contribution in [-0.4, -0.2) is 23.2 Å². The van der Waals surface area contributed by atoms with Crippen LogP contribution in [0.5, 0.6) is 11.5 Å². The van der Waals surface area contributed by atoms with E-state index in [-0.39, 0.29) is 5.41 Å². The number of halogens is 1. The van der Waals surface area contributed by atoms with Crippen LogP contribution in [-0.2, 0) is 5.41 Å². The molecule has 2 heterocycles. The molecule has 0 spiro atoms. The topological polar surface area (TPSA) is 44.2 Å². The lowest BCUT2D eigenvalue weighted by atomic mass is 9.95. The van der Waals surface area contributed by atoms with Crippen LogP contribution in [0.3, 0.4) is 0 Å². The molecular formula is C16H17BrN2O2. The van der Waals surface area contributed by atoms with Crippen LogP contribution in [0.25, 0.3) is 11.3 Å². The van der Waals surface area contributed by atoms with Gasteiger partial charge in [-0.15, -0.1) is 0 Å². The molecule has 21 heavy (non-hydrogen) atoms. The summed E-state index contributed by atoms with van der Waals surface area (Å²) in [4.78, 5) is 9.15. The zero-order valence-corrected chi connectivity index (χ0v) is 13.9. The van der Waals surface area contributed by atoms with Crippen molar-refractivity contribution in [3.05, 3.63) is 34.7 Å². The number of fused-ring (bicyclic) bond motifs is 1. The fourth-order valence-electron chi connectivity index (χ4n) is 2.10. The van der Waals surface area contributed by atoms with Crippen LogP contribution in [0, 0.1) is 0 Å². The van der Waals surface area contributed by atoms with E-state index >= 15 is 0 Å². The highest BCUT2D eigenvalue weighted by Gasteiger charge is 2.20. The van der Waals surface area contributed by atoms with Gasteiger partial charge < -0.3 is 9.47 Å². The van der Waals surface area contributed by atoms with Gasteiger partial charge in [0.25, 0.3) is 0 Å². The Hall–Kier alpha value is -1.62. The van der Waals surface area contributed by atoms with Gasteiger partial charge in [0.15, 0.2) is 11.5 Å². The summed E-state index contributed by atoms with van der Waals surface area (Å²) < 4.78 is 12.0. The number of hydrogen-bond acceptors (Lipinski definition) is 4. The third-order valence-corrected chi connectivity index (χ3v) is 3.61. The van der Waals surface area contributed by atoms with Crippen LogP contribution in [0.2, 0.25) is 0 Å². The molecule has 1 aliphatic rings. The largest absolute Gasteiger partial charge is 0.486 e. The first-order valence-electron chi connectivity index (χ1n) is 6.88. The first-order chi connectivity index (χ1) is 9.93. The third-order valence-electron chi connectivity index (χ3n) is 3.20. The van der Waals surface area contributed by atoms with Gasteiger partial charge in [-0.3, -0.25) is 0 Å². The molecule has 0 unspecified atom stereocenters. The van der Waals surface area contributed by atoms with E-state index in [1.807, 2.05) is 24.3 Å². The van der Waals surface area contributed by atoms with E-state index in [4.69, 9.17) is 9.47 Å². The number of aromatic nitrogens is 2. The molecule has 0 amide bonds. The molecule has 1 aliphatic heterocycles. The number of ether oxygens (including phenoxy) is 2. The van der Waals surface area contributed by atoms with Crippen molar-refractivity contribution >= 4 is 15.9 Å². The molecule has 0 saturated heterocycles. The Balaban J connectivity index is 2.06. The Labute approximate surface area is 132 Å². The van der Waals surface area contributed by atoms with Gasteiger partial charge >= 0.3 is 0 Å². The summed E-state index contributed by atoms with van der Waals surface area (Å²) >= 11 is 3.47. The molecule has 1 aromatic heterocycles. The fourth-order valence-corrected chi connectivity index (χ4v) is 2.49. The molecule has 0 N–H and O–H groups in total. The Morgan fingerprint density at radius 2 is 1.71 bits per heavy atom. The van der Waals surface area contributed by atoms with Crippen molar-refractivity contribution in [2.45, 2.75) is 26.2 Å². The van der Waals surface area contributed by atoms with Crippen LogP contribution >= 0.6 is 15.9 Å². The minimum absolute atomic E-state index is 0.105. The highest BCUT2D eigenvalue weighted by molar-refractivity contribution is 9.10. The number of benzene rings is 1. The van der Waals surface area contributed by atoms with E-state index < -0.39 is 0 Å². The average Bonchev–Trinajstić information content (AvgIpc) is 2.45. The van der Waals surface area contributed by atoms with Crippen LogP contribution in [0.1, 0.15) is 26.6 Å². The molecule has 5 heteroatoms. The lowest BCUT2D eigenvalue weighted by Crippen LogP contribution is -2.17. The summed E-state index contributed by atoms with van der Waals surface area (Å²) in [6.07, 6.45) is 0. The summed E-state index contributed by atoms with van der Waals surface area (Å²) in [5.74, 6) is 2.36. The Bertz CT molecular complexity index is 680. The van der Waals surface area contributed by atoms with Gasteiger partial charge in [-0.05, 0) is 40.2 Å². The van der Waals surface area contributed by atoms with Gasteiger partial charge in [0.05, 0.1) is 5.69 Å². The molecule has 2 aromatic rings. The zero-order chi connectivity index (χ0) is 15.0. The van der Waals surface area contributed by atoms with Gasteiger partial charge in [-0.25, -0.2) is 9.97 Å². The maximum atomic E-state index is 5.63. The van der Waals surface area contributed by atoms with Crippen molar-refractivity contribution in [1.29, 1.82) is 0 Å². The second-order valence-corrected chi connectivity index (χ2v) is 6.82. The summed E-state index contributed by atoms with van der Waals surface area (Å²) in [5, 5.41) is 0. The monoisotopic (exact) mass is 348 g/mol. The molecule has 0 saturated carbocycles. The molecule has 0 atom stereocenters. The highest BCUT2D eigenvalue weighted by atomic mass is 79.9. The van der Waals surface area contributed by atoms with E-state index in [2.05, 4.69) is 46.7 Å².